The van der Waals surface area contributed by atoms with Gasteiger partial charge in [0.05, 0.1) is 10.6 Å². The Hall–Kier alpha value is -3.88. The number of likely N-dealkylation sites (N-methyl/N-ethyl adjacent to an activating group) is 1. The SMILES string of the molecule is CCNC(=O)C(Cc1ccccc1)N(Cc1ccc(Cl)cc1)C(=O)CCCN1c2cccc3cccc(c23)S1(=O)=O. The molecule has 7 nitrogen and oxygen atoms in total. The van der Waals surface area contributed by atoms with Crippen LogP contribution in [0.15, 0.2) is 95.9 Å². The van der Waals surface area contributed by atoms with Crippen molar-refractivity contribution in [3.63, 3.8) is 0 Å². The highest BCUT2D eigenvalue weighted by molar-refractivity contribution is 7.93. The number of benzene rings is 4. The molecule has 1 unspecified atom stereocenters. The summed E-state index contributed by atoms with van der Waals surface area (Å²) in [4.78, 5) is 29.1. The lowest BCUT2D eigenvalue weighted by Crippen LogP contribution is -2.50. The van der Waals surface area contributed by atoms with E-state index in [1.54, 1.807) is 35.2 Å². The zero-order chi connectivity index (χ0) is 29.0. The van der Waals surface area contributed by atoms with Crippen molar-refractivity contribution in [2.45, 2.75) is 43.7 Å². The molecule has 9 heteroatoms. The van der Waals surface area contributed by atoms with E-state index in [-0.39, 0.29) is 31.3 Å². The van der Waals surface area contributed by atoms with Crippen LogP contribution in [0, 0.1) is 0 Å². The number of rotatable bonds is 11. The molecule has 0 spiro atoms. The quantitative estimate of drug-likeness (QED) is 0.248. The van der Waals surface area contributed by atoms with E-state index in [1.807, 2.05) is 67.6 Å². The Labute approximate surface area is 245 Å². The molecular formula is C32H32ClN3O4S. The number of anilines is 1. The van der Waals surface area contributed by atoms with Gasteiger partial charge in [0.15, 0.2) is 0 Å². The molecule has 0 aromatic heterocycles. The summed E-state index contributed by atoms with van der Waals surface area (Å²) >= 11 is 6.09. The van der Waals surface area contributed by atoms with Crippen LogP contribution in [-0.4, -0.2) is 44.3 Å². The molecule has 0 bridgehead atoms. The van der Waals surface area contributed by atoms with E-state index in [2.05, 4.69) is 5.32 Å². The summed E-state index contributed by atoms with van der Waals surface area (Å²) in [6, 6.07) is 26.9. The Morgan fingerprint density at radius 2 is 1.61 bits per heavy atom. The largest absolute Gasteiger partial charge is 0.355 e. The Kier molecular flexibility index (Phi) is 8.61. The Morgan fingerprint density at radius 3 is 2.32 bits per heavy atom. The maximum Gasteiger partial charge on any atom is 0.265 e. The first kappa shape index (κ1) is 28.6. The number of hydrogen-bond donors (Lipinski definition) is 1. The molecule has 1 aliphatic rings. The fraction of sp³-hybridized carbons (Fsp3) is 0.250. The third-order valence-electron chi connectivity index (χ3n) is 7.32. The van der Waals surface area contributed by atoms with Crippen molar-refractivity contribution in [3.8, 4) is 0 Å². The molecule has 0 aliphatic carbocycles. The van der Waals surface area contributed by atoms with Crippen LogP contribution >= 0.6 is 11.6 Å². The minimum atomic E-state index is -3.72. The molecule has 2 amide bonds. The molecule has 0 saturated heterocycles. The second kappa shape index (κ2) is 12.3. The van der Waals surface area contributed by atoms with Gasteiger partial charge in [0.2, 0.25) is 11.8 Å². The lowest BCUT2D eigenvalue weighted by molar-refractivity contribution is -0.141. The zero-order valence-corrected chi connectivity index (χ0v) is 24.4. The van der Waals surface area contributed by atoms with Crippen molar-refractivity contribution in [1.82, 2.24) is 10.2 Å². The van der Waals surface area contributed by atoms with Crippen LogP contribution in [0.25, 0.3) is 10.8 Å². The first-order chi connectivity index (χ1) is 19.8. The Balaban J connectivity index is 1.38. The predicted octanol–water partition coefficient (Wildman–Crippen LogP) is 5.56. The van der Waals surface area contributed by atoms with Crippen LogP contribution in [-0.2, 0) is 32.6 Å². The summed E-state index contributed by atoms with van der Waals surface area (Å²) in [5.74, 6) is -0.456. The van der Waals surface area contributed by atoms with Crippen LogP contribution < -0.4 is 9.62 Å². The lowest BCUT2D eigenvalue weighted by Gasteiger charge is -2.32. The van der Waals surface area contributed by atoms with E-state index < -0.39 is 16.1 Å². The highest BCUT2D eigenvalue weighted by atomic mass is 35.5. The summed E-state index contributed by atoms with van der Waals surface area (Å²) < 4.78 is 28.2. The summed E-state index contributed by atoms with van der Waals surface area (Å²) in [6.45, 7) is 2.66. The van der Waals surface area contributed by atoms with Crippen LogP contribution in [0.1, 0.15) is 30.9 Å². The average molecular weight is 590 g/mol. The monoisotopic (exact) mass is 589 g/mol. The van der Waals surface area contributed by atoms with Crippen molar-refractivity contribution in [3.05, 3.63) is 107 Å². The number of hydrogen-bond acceptors (Lipinski definition) is 4. The topological polar surface area (TPSA) is 86.8 Å². The maximum absolute atomic E-state index is 13.9. The summed E-state index contributed by atoms with van der Waals surface area (Å²) in [5.41, 5.74) is 2.41. The smallest absolute Gasteiger partial charge is 0.265 e. The molecule has 1 heterocycles. The third-order valence-corrected chi connectivity index (χ3v) is 9.43. The number of carbonyl (C=O) groups excluding carboxylic acids is 2. The molecule has 41 heavy (non-hydrogen) atoms. The lowest BCUT2D eigenvalue weighted by atomic mass is 10.0. The minimum absolute atomic E-state index is 0.0800. The second-order valence-corrected chi connectivity index (χ2v) is 12.3. The van der Waals surface area contributed by atoms with Crippen molar-refractivity contribution >= 4 is 49.9 Å². The third kappa shape index (κ3) is 6.09. The number of halogens is 1. The maximum atomic E-state index is 13.9. The van der Waals surface area contributed by atoms with E-state index in [0.29, 0.717) is 40.4 Å². The van der Waals surface area contributed by atoms with E-state index in [0.717, 1.165) is 16.5 Å². The van der Waals surface area contributed by atoms with Crippen LogP contribution in [0.3, 0.4) is 0 Å². The Bertz CT molecular complexity index is 1650. The van der Waals surface area contributed by atoms with Gasteiger partial charge in [-0.15, -0.1) is 0 Å². The molecule has 1 N–H and O–H groups in total. The second-order valence-electron chi connectivity index (χ2n) is 10.1. The van der Waals surface area contributed by atoms with Gasteiger partial charge in [-0.2, -0.15) is 0 Å². The van der Waals surface area contributed by atoms with Gasteiger partial charge in [-0.3, -0.25) is 13.9 Å². The summed E-state index contributed by atoms with van der Waals surface area (Å²) in [5, 5.41) is 5.05. The average Bonchev–Trinajstić information content (AvgIpc) is 3.19. The van der Waals surface area contributed by atoms with Crippen molar-refractivity contribution in [1.29, 1.82) is 0 Å². The molecule has 4 aromatic carbocycles. The van der Waals surface area contributed by atoms with Gasteiger partial charge in [-0.05, 0) is 54.1 Å². The molecule has 0 saturated carbocycles. The normalized spacial score (nSPS) is 14.1. The van der Waals surface area contributed by atoms with Gasteiger partial charge < -0.3 is 10.2 Å². The molecule has 0 radical (unpaired) electrons. The molecule has 4 aromatic rings. The van der Waals surface area contributed by atoms with Crippen LogP contribution in [0.4, 0.5) is 5.69 Å². The standard InChI is InChI=1S/C32H32ClN3O4S/c1-2-34-32(38)28(21-23-9-4-3-5-10-23)35(22-24-16-18-26(33)19-17-24)30(37)15-8-20-36-27-13-6-11-25-12-7-14-29(31(25)27)41(36,39)40/h3-7,9-14,16-19,28H,2,8,15,20-22H2,1H3,(H,34,38). The van der Waals surface area contributed by atoms with Crippen molar-refractivity contribution in [2.75, 3.05) is 17.4 Å². The summed E-state index contributed by atoms with van der Waals surface area (Å²) in [7, 11) is -3.72. The van der Waals surface area contributed by atoms with E-state index in [9.17, 15) is 18.0 Å². The van der Waals surface area contributed by atoms with Crippen molar-refractivity contribution < 1.29 is 18.0 Å². The van der Waals surface area contributed by atoms with Gasteiger partial charge in [0, 0.05) is 42.9 Å². The highest BCUT2D eigenvalue weighted by Gasteiger charge is 2.36. The fourth-order valence-corrected chi connectivity index (χ4v) is 7.22. The van der Waals surface area contributed by atoms with Crippen LogP contribution in [0.2, 0.25) is 5.02 Å². The number of nitrogens with one attached hydrogen (secondary N) is 1. The number of amides is 2. The molecule has 0 fully saturated rings. The van der Waals surface area contributed by atoms with Crippen LogP contribution in [0.5, 0.6) is 0 Å². The minimum Gasteiger partial charge on any atom is -0.355 e. The molecule has 5 rings (SSSR count). The molecule has 1 atom stereocenters. The first-order valence-electron chi connectivity index (χ1n) is 13.7. The first-order valence-corrected chi connectivity index (χ1v) is 15.5. The molecule has 212 valence electrons. The Morgan fingerprint density at radius 1 is 0.902 bits per heavy atom. The number of sulfonamides is 1. The van der Waals surface area contributed by atoms with Gasteiger partial charge in [0.25, 0.3) is 10.0 Å². The van der Waals surface area contributed by atoms with E-state index in [4.69, 9.17) is 11.6 Å². The number of carbonyl (C=O) groups is 2. The highest BCUT2D eigenvalue weighted by Crippen LogP contribution is 2.42. The number of nitrogens with zero attached hydrogens (tertiary/aromatic N) is 2. The van der Waals surface area contributed by atoms with E-state index in [1.165, 1.54) is 4.31 Å². The fourth-order valence-electron chi connectivity index (χ4n) is 5.35. The molecular weight excluding hydrogens is 558 g/mol. The van der Waals surface area contributed by atoms with Gasteiger partial charge in [0.1, 0.15) is 6.04 Å². The van der Waals surface area contributed by atoms with Gasteiger partial charge in [-0.1, -0.05) is 78.3 Å². The summed E-state index contributed by atoms with van der Waals surface area (Å²) in [6.07, 6.45) is 0.730. The molecule has 1 aliphatic heterocycles. The predicted molar refractivity (Wildman–Crippen MR) is 162 cm³/mol. The van der Waals surface area contributed by atoms with Crippen molar-refractivity contribution in [2.24, 2.45) is 0 Å². The van der Waals surface area contributed by atoms with E-state index >= 15 is 0 Å². The van der Waals surface area contributed by atoms with Gasteiger partial charge >= 0.3 is 0 Å². The van der Waals surface area contributed by atoms with Gasteiger partial charge in [-0.25, -0.2) is 8.42 Å². The zero-order valence-electron chi connectivity index (χ0n) is 22.8.